The Morgan fingerprint density at radius 2 is 1.94 bits per heavy atom. The number of likely N-dealkylation sites (N-methyl/N-ethyl adjacent to an activating group) is 1. The molecule has 3 heterocycles. The van der Waals surface area contributed by atoms with Gasteiger partial charge >= 0.3 is 0 Å². The van der Waals surface area contributed by atoms with E-state index in [1.54, 1.807) is 41.7 Å². The van der Waals surface area contributed by atoms with E-state index in [2.05, 4.69) is 23.3 Å². The monoisotopic (exact) mass is 533 g/mol. The molecule has 1 N–H and O–H groups in total. The number of carbonyl (C=O) groups excluding carboxylic acids is 1. The lowest BCUT2D eigenvalue weighted by Crippen LogP contribution is -2.25. The number of rotatable bonds is 5. The highest BCUT2D eigenvalue weighted by atomic mass is 35.5. The van der Waals surface area contributed by atoms with E-state index in [0.717, 1.165) is 45.3 Å². The number of fused-ring (bicyclic) bond motifs is 2. The van der Waals surface area contributed by atoms with Gasteiger partial charge in [-0.2, -0.15) is 0 Å². The van der Waals surface area contributed by atoms with Crippen molar-refractivity contribution in [2.45, 2.75) is 24.8 Å². The quantitative estimate of drug-likeness (QED) is 0.367. The second-order valence-electron chi connectivity index (χ2n) is 8.07. The number of nitrogens with one attached hydrogen (secondary N) is 1. The minimum atomic E-state index is -3.39. The molecule has 0 spiro atoms. The summed E-state index contributed by atoms with van der Waals surface area (Å²) < 4.78 is 25.7. The maximum absolute atomic E-state index is 13.2. The molecule has 2 aromatic heterocycles. The Labute approximate surface area is 213 Å². The number of thiophene rings is 1. The molecule has 5 rings (SSSR count). The highest BCUT2D eigenvalue weighted by Gasteiger charge is 2.27. The van der Waals surface area contributed by atoms with Crippen molar-refractivity contribution in [2.75, 3.05) is 24.7 Å². The van der Waals surface area contributed by atoms with Crippen molar-refractivity contribution in [2.24, 2.45) is 0 Å². The van der Waals surface area contributed by atoms with Gasteiger partial charge in [-0.1, -0.05) is 25.1 Å². The Bertz CT molecular complexity index is 1440. The fourth-order valence-electron chi connectivity index (χ4n) is 4.00. The van der Waals surface area contributed by atoms with Crippen LogP contribution in [0.25, 0.3) is 20.8 Å². The Hall–Kier alpha value is -2.30. The zero-order chi connectivity index (χ0) is 23.2. The van der Waals surface area contributed by atoms with Gasteiger partial charge in [0.05, 0.1) is 20.9 Å². The molecule has 6 nitrogen and oxygen atoms in total. The number of nitrogens with zero attached hydrogens (tertiary/aromatic N) is 2. The highest BCUT2D eigenvalue weighted by molar-refractivity contribution is 7.91. The predicted molar refractivity (Wildman–Crippen MR) is 142 cm³/mol. The van der Waals surface area contributed by atoms with E-state index < -0.39 is 9.84 Å². The predicted octanol–water partition coefficient (Wildman–Crippen LogP) is 5.48. The average molecular weight is 534 g/mol. The molecule has 0 saturated carbocycles. The van der Waals surface area contributed by atoms with Crippen LogP contribution < -0.4 is 5.32 Å². The second kappa shape index (κ2) is 9.75. The number of carbonyl (C=O) groups is 1. The lowest BCUT2D eigenvalue weighted by molar-refractivity contribution is 0.102. The molecule has 0 bridgehead atoms. The van der Waals surface area contributed by atoms with Gasteiger partial charge in [0.25, 0.3) is 5.91 Å². The Morgan fingerprint density at radius 1 is 1.15 bits per heavy atom. The van der Waals surface area contributed by atoms with E-state index in [0.29, 0.717) is 5.56 Å². The van der Waals surface area contributed by atoms with Gasteiger partial charge in [-0.3, -0.25) is 4.79 Å². The summed E-state index contributed by atoms with van der Waals surface area (Å²) in [7, 11) is -1.30. The zero-order valence-corrected chi connectivity index (χ0v) is 22.0. The molecule has 4 aromatic rings. The summed E-state index contributed by atoms with van der Waals surface area (Å²) in [4.78, 5) is 21.7. The summed E-state index contributed by atoms with van der Waals surface area (Å²) in [6.45, 7) is 3.38. The zero-order valence-electron chi connectivity index (χ0n) is 18.7. The molecule has 2 aromatic carbocycles. The minimum Gasteiger partial charge on any atom is -0.313 e. The van der Waals surface area contributed by atoms with Gasteiger partial charge in [0.15, 0.2) is 9.84 Å². The summed E-state index contributed by atoms with van der Waals surface area (Å²) in [6, 6.07) is 14.3. The van der Waals surface area contributed by atoms with Crippen LogP contribution in [0, 0.1) is 0 Å². The van der Waals surface area contributed by atoms with Crippen LogP contribution in [-0.2, 0) is 22.8 Å². The van der Waals surface area contributed by atoms with Crippen LogP contribution in [0.15, 0.2) is 53.4 Å². The molecule has 0 radical (unpaired) electrons. The van der Waals surface area contributed by atoms with Crippen molar-refractivity contribution in [3.63, 3.8) is 0 Å². The van der Waals surface area contributed by atoms with E-state index in [1.165, 1.54) is 22.6 Å². The van der Waals surface area contributed by atoms with Crippen LogP contribution in [0.4, 0.5) is 5.00 Å². The summed E-state index contributed by atoms with van der Waals surface area (Å²) in [5.41, 5.74) is 3.51. The van der Waals surface area contributed by atoms with Gasteiger partial charge in [0, 0.05) is 29.1 Å². The summed E-state index contributed by atoms with van der Waals surface area (Å²) in [5, 5.41) is 4.74. The largest absolute Gasteiger partial charge is 0.313 e. The molecule has 178 valence electrons. The summed E-state index contributed by atoms with van der Waals surface area (Å²) in [6.07, 6.45) is 0.897. The van der Waals surface area contributed by atoms with Crippen molar-refractivity contribution >= 4 is 66.0 Å². The van der Waals surface area contributed by atoms with Crippen molar-refractivity contribution in [3.8, 4) is 10.6 Å². The number of anilines is 1. The molecule has 0 saturated heterocycles. The van der Waals surface area contributed by atoms with Crippen molar-refractivity contribution in [3.05, 3.63) is 64.5 Å². The number of hydrogen-bond acceptors (Lipinski definition) is 7. The van der Waals surface area contributed by atoms with Gasteiger partial charge in [-0.15, -0.1) is 35.1 Å². The molecule has 34 heavy (non-hydrogen) atoms. The normalized spacial score (nSPS) is 13.9. The molecule has 0 atom stereocenters. The first-order chi connectivity index (χ1) is 15.9. The van der Waals surface area contributed by atoms with Crippen LogP contribution in [0.3, 0.4) is 0 Å². The Morgan fingerprint density at radius 3 is 2.71 bits per heavy atom. The van der Waals surface area contributed by atoms with E-state index in [-0.39, 0.29) is 29.0 Å². The molecule has 0 unspecified atom stereocenters. The molecule has 0 fully saturated rings. The van der Waals surface area contributed by atoms with Crippen molar-refractivity contribution in [1.29, 1.82) is 0 Å². The van der Waals surface area contributed by atoms with Gasteiger partial charge < -0.3 is 10.2 Å². The minimum absolute atomic E-state index is 0. The van der Waals surface area contributed by atoms with E-state index in [4.69, 9.17) is 4.98 Å². The van der Waals surface area contributed by atoms with Gasteiger partial charge in [-0.05, 0) is 49.4 Å². The highest BCUT2D eigenvalue weighted by Crippen LogP contribution is 2.45. The Balaban J connectivity index is 0.00000274. The summed E-state index contributed by atoms with van der Waals surface area (Å²) in [5.74, 6) is -0.331. The van der Waals surface area contributed by atoms with E-state index >= 15 is 0 Å². The maximum Gasteiger partial charge on any atom is 0.256 e. The lowest BCUT2D eigenvalue weighted by Gasteiger charge is -2.22. The topological polar surface area (TPSA) is 79.4 Å². The second-order valence-corrected chi connectivity index (χ2v) is 12.5. The fraction of sp³-hybridized carbons (Fsp3) is 0.250. The first kappa shape index (κ1) is 24.8. The standard InChI is InChI=1S/C24H23N3O3S3.ClH/c1-3-33(29,30)16-8-6-7-15(13-16)22(28)26-24-21(17-11-12-27(2)14-20(17)32-24)23-25-18-9-4-5-10-19(18)31-23;/h4-10,13H,3,11-12,14H2,1-2H3,(H,26,28);1H. The Kier molecular flexibility index (Phi) is 7.12. The van der Waals surface area contributed by atoms with Gasteiger partial charge in [0.2, 0.25) is 0 Å². The molecule has 1 aliphatic rings. The first-order valence-electron chi connectivity index (χ1n) is 10.7. The number of para-hydroxylation sites is 1. The number of amides is 1. The smallest absolute Gasteiger partial charge is 0.256 e. The third-order valence-corrected chi connectivity index (χ3v) is 9.74. The van der Waals surface area contributed by atoms with Crippen LogP contribution in [-0.4, -0.2) is 43.6 Å². The third-order valence-electron chi connectivity index (χ3n) is 5.82. The number of hydrogen-bond donors (Lipinski definition) is 1. The van der Waals surface area contributed by atoms with Crippen molar-refractivity contribution in [1.82, 2.24) is 9.88 Å². The van der Waals surface area contributed by atoms with Crippen LogP contribution in [0.1, 0.15) is 27.7 Å². The van der Waals surface area contributed by atoms with E-state index in [1.807, 2.05) is 18.2 Å². The van der Waals surface area contributed by atoms with Gasteiger partial charge in [0.1, 0.15) is 10.0 Å². The van der Waals surface area contributed by atoms with Gasteiger partial charge in [-0.25, -0.2) is 13.4 Å². The van der Waals surface area contributed by atoms with Crippen molar-refractivity contribution < 1.29 is 13.2 Å². The van der Waals surface area contributed by atoms with E-state index in [9.17, 15) is 13.2 Å². The molecular weight excluding hydrogens is 510 g/mol. The lowest BCUT2D eigenvalue weighted by atomic mass is 10.0. The number of benzene rings is 2. The molecule has 10 heteroatoms. The summed E-state index contributed by atoms with van der Waals surface area (Å²) >= 11 is 3.21. The SMILES string of the molecule is CCS(=O)(=O)c1cccc(C(=O)Nc2sc3c(c2-c2nc4ccccc4s2)CCN(C)C3)c1.Cl. The molecule has 1 aliphatic heterocycles. The first-order valence-corrected chi connectivity index (χ1v) is 14.0. The number of sulfone groups is 1. The fourth-order valence-corrected chi connectivity index (χ4v) is 7.36. The number of halogens is 1. The third kappa shape index (κ3) is 4.63. The van der Waals surface area contributed by atoms with Crippen LogP contribution >= 0.6 is 35.1 Å². The molecular formula is C24H24ClN3O3S3. The maximum atomic E-state index is 13.2. The van der Waals surface area contributed by atoms with Crippen LogP contribution in [0.5, 0.6) is 0 Å². The molecule has 0 aliphatic carbocycles. The molecule has 1 amide bonds. The number of aromatic nitrogens is 1. The number of thiazole rings is 1. The average Bonchev–Trinajstić information content (AvgIpc) is 3.39. The van der Waals surface area contributed by atoms with Crippen LogP contribution in [0.2, 0.25) is 0 Å².